The summed E-state index contributed by atoms with van der Waals surface area (Å²) >= 11 is 20.0. The highest BCUT2D eigenvalue weighted by molar-refractivity contribution is 8.00. The number of nitrogens with one attached hydrogen (secondary N) is 1. The van der Waals surface area contributed by atoms with E-state index in [9.17, 15) is 14.9 Å². The van der Waals surface area contributed by atoms with Crippen LogP contribution in [0.2, 0.25) is 15.1 Å². The second kappa shape index (κ2) is 11.7. The van der Waals surface area contributed by atoms with E-state index in [1.165, 1.54) is 30.0 Å². The van der Waals surface area contributed by atoms with E-state index in [4.69, 9.17) is 34.8 Å². The first kappa shape index (κ1) is 27.9. The van der Waals surface area contributed by atoms with Gasteiger partial charge in [-0.25, -0.2) is 0 Å². The third-order valence-electron chi connectivity index (χ3n) is 5.68. The Morgan fingerprint density at radius 2 is 1.74 bits per heavy atom. The number of aromatic nitrogens is 3. The number of nitro benzene ring substituents is 1. The molecule has 1 heterocycles. The smallest absolute Gasteiger partial charge is 0.271 e. The van der Waals surface area contributed by atoms with Crippen molar-refractivity contribution in [2.75, 3.05) is 5.32 Å². The van der Waals surface area contributed by atoms with E-state index in [1.54, 1.807) is 25.1 Å². The summed E-state index contributed by atoms with van der Waals surface area (Å²) in [5.41, 5.74) is 2.68. The fourth-order valence-electron chi connectivity index (χ4n) is 3.75. The highest BCUT2D eigenvalue weighted by atomic mass is 35.5. The SMILES string of the molecule is CC(Sc1nnc(-c2ccc(Cl)cc2Cl)n1-c1ccccc1C(C)C)C(=O)Nc1ccc([N+](=O)[O-])cc1Cl. The number of nitrogens with zero attached hydrogens (tertiary/aromatic N) is 4. The lowest BCUT2D eigenvalue weighted by atomic mass is 10.0. The van der Waals surface area contributed by atoms with Gasteiger partial charge in [-0.3, -0.25) is 19.5 Å². The van der Waals surface area contributed by atoms with Gasteiger partial charge in [-0.05, 0) is 48.7 Å². The van der Waals surface area contributed by atoms with Gasteiger partial charge in [0.05, 0.1) is 31.6 Å². The number of nitro groups is 1. The Morgan fingerprint density at radius 3 is 2.39 bits per heavy atom. The molecule has 0 aliphatic rings. The number of rotatable bonds is 8. The molecule has 1 amide bonds. The Balaban J connectivity index is 1.71. The van der Waals surface area contributed by atoms with Crippen molar-refractivity contribution in [3.8, 4) is 17.1 Å². The predicted molar refractivity (Wildman–Crippen MR) is 153 cm³/mol. The standard InChI is InChI=1S/C26H22Cl3N5O3S/c1-14(2)18-6-4-5-7-23(18)33-24(19-10-8-16(27)12-20(19)28)31-32-26(33)38-15(3)25(35)30-22-11-9-17(34(36)37)13-21(22)29/h4-15H,1-3H3,(H,30,35). The molecule has 0 bridgehead atoms. The van der Waals surface area contributed by atoms with Crippen LogP contribution in [0.4, 0.5) is 11.4 Å². The van der Waals surface area contributed by atoms with Crippen molar-refractivity contribution in [2.24, 2.45) is 0 Å². The van der Waals surface area contributed by atoms with Crippen molar-refractivity contribution in [2.45, 2.75) is 37.1 Å². The van der Waals surface area contributed by atoms with E-state index in [2.05, 4.69) is 29.4 Å². The summed E-state index contributed by atoms with van der Waals surface area (Å²) < 4.78 is 1.89. The maximum atomic E-state index is 13.1. The molecule has 1 aromatic heterocycles. The number of carbonyl (C=O) groups excluding carboxylic acids is 1. The molecule has 1 N–H and O–H groups in total. The third kappa shape index (κ3) is 5.96. The van der Waals surface area contributed by atoms with Gasteiger partial charge in [0.15, 0.2) is 11.0 Å². The molecule has 0 radical (unpaired) electrons. The molecule has 1 unspecified atom stereocenters. The largest absolute Gasteiger partial charge is 0.324 e. The first-order valence-corrected chi connectivity index (χ1v) is 13.5. The van der Waals surface area contributed by atoms with Crippen molar-refractivity contribution in [1.29, 1.82) is 0 Å². The number of hydrogen-bond donors (Lipinski definition) is 1. The van der Waals surface area contributed by atoms with Crippen LogP contribution in [0.25, 0.3) is 17.1 Å². The first-order valence-electron chi connectivity index (χ1n) is 11.5. The van der Waals surface area contributed by atoms with Crippen LogP contribution >= 0.6 is 46.6 Å². The van der Waals surface area contributed by atoms with Crippen molar-refractivity contribution >= 4 is 63.8 Å². The lowest BCUT2D eigenvalue weighted by molar-refractivity contribution is -0.384. The van der Waals surface area contributed by atoms with E-state index >= 15 is 0 Å². The maximum Gasteiger partial charge on any atom is 0.271 e. The van der Waals surface area contributed by atoms with Gasteiger partial charge in [0.25, 0.3) is 5.69 Å². The van der Waals surface area contributed by atoms with Crippen LogP contribution in [-0.2, 0) is 4.79 Å². The molecule has 196 valence electrons. The van der Waals surface area contributed by atoms with Gasteiger partial charge in [0.1, 0.15) is 0 Å². The number of carbonyl (C=O) groups is 1. The zero-order valence-corrected chi connectivity index (χ0v) is 23.6. The molecular weight excluding hydrogens is 569 g/mol. The molecule has 1 atom stereocenters. The van der Waals surface area contributed by atoms with Crippen LogP contribution in [0.1, 0.15) is 32.3 Å². The lowest BCUT2D eigenvalue weighted by Gasteiger charge is -2.18. The highest BCUT2D eigenvalue weighted by Gasteiger charge is 2.25. The molecule has 4 aromatic rings. The Labute approximate surface area is 238 Å². The summed E-state index contributed by atoms with van der Waals surface area (Å²) in [5.74, 6) is 0.349. The summed E-state index contributed by atoms with van der Waals surface area (Å²) in [6.45, 7) is 5.91. The van der Waals surface area contributed by atoms with E-state index in [-0.39, 0.29) is 28.2 Å². The minimum Gasteiger partial charge on any atom is -0.324 e. The van der Waals surface area contributed by atoms with Gasteiger partial charge < -0.3 is 5.32 Å². The second-order valence-corrected chi connectivity index (χ2v) is 11.2. The fourth-order valence-corrected chi connectivity index (χ4v) is 5.33. The normalized spacial score (nSPS) is 12.0. The van der Waals surface area contributed by atoms with Crippen molar-refractivity contribution in [3.63, 3.8) is 0 Å². The number of hydrogen-bond acceptors (Lipinski definition) is 6. The molecule has 38 heavy (non-hydrogen) atoms. The molecule has 8 nitrogen and oxygen atoms in total. The van der Waals surface area contributed by atoms with E-state index in [1.807, 2.05) is 28.8 Å². The van der Waals surface area contributed by atoms with Crippen molar-refractivity contribution in [1.82, 2.24) is 14.8 Å². The molecule has 12 heteroatoms. The van der Waals surface area contributed by atoms with Gasteiger partial charge in [0.2, 0.25) is 5.91 Å². The Kier molecular flexibility index (Phi) is 8.62. The van der Waals surface area contributed by atoms with E-state index in [0.29, 0.717) is 26.6 Å². The first-order chi connectivity index (χ1) is 18.1. The van der Waals surface area contributed by atoms with Crippen LogP contribution in [0, 0.1) is 10.1 Å². The molecule has 3 aromatic carbocycles. The monoisotopic (exact) mass is 589 g/mol. The number of halogens is 3. The molecule has 0 aliphatic heterocycles. The third-order valence-corrected chi connectivity index (χ3v) is 7.58. The minimum atomic E-state index is -0.621. The zero-order valence-electron chi connectivity index (χ0n) is 20.5. The van der Waals surface area contributed by atoms with Crippen molar-refractivity contribution < 1.29 is 9.72 Å². The molecule has 4 rings (SSSR count). The van der Waals surface area contributed by atoms with E-state index < -0.39 is 10.2 Å². The summed E-state index contributed by atoms with van der Waals surface area (Å²) in [5, 5.41) is 23.4. The number of para-hydroxylation sites is 1. The summed E-state index contributed by atoms with van der Waals surface area (Å²) in [6.07, 6.45) is 0. The Hall–Kier alpha value is -3.11. The summed E-state index contributed by atoms with van der Waals surface area (Å²) in [4.78, 5) is 23.5. The van der Waals surface area contributed by atoms with Crippen LogP contribution in [0.15, 0.2) is 65.8 Å². The van der Waals surface area contributed by atoms with E-state index in [0.717, 1.165) is 11.3 Å². The van der Waals surface area contributed by atoms with Gasteiger partial charge in [-0.15, -0.1) is 10.2 Å². The second-order valence-electron chi connectivity index (χ2n) is 8.65. The molecular formula is C26H22Cl3N5O3S. The Bertz CT molecular complexity index is 1530. The molecule has 0 saturated carbocycles. The molecule has 0 fully saturated rings. The van der Waals surface area contributed by atoms with Crippen molar-refractivity contribution in [3.05, 3.63) is 91.4 Å². The van der Waals surface area contributed by atoms with Crippen LogP contribution < -0.4 is 5.32 Å². The highest BCUT2D eigenvalue weighted by Crippen LogP contribution is 2.37. The van der Waals surface area contributed by atoms with Gasteiger partial charge in [-0.1, -0.05) is 78.6 Å². The fraction of sp³-hybridized carbons (Fsp3) is 0.192. The predicted octanol–water partition coefficient (Wildman–Crippen LogP) is 8.05. The van der Waals surface area contributed by atoms with Crippen LogP contribution in [0.3, 0.4) is 0 Å². The summed E-state index contributed by atoms with van der Waals surface area (Å²) in [6, 6.07) is 16.9. The lowest BCUT2D eigenvalue weighted by Crippen LogP contribution is -2.23. The van der Waals surface area contributed by atoms with Gasteiger partial charge >= 0.3 is 0 Å². The minimum absolute atomic E-state index is 0.0680. The number of thioether (sulfide) groups is 1. The zero-order chi connectivity index (χ0) is 27.6. The Morgan fingerprint density at radius 1 is 1.00 bits per heavy atom. The molecule has 0 spiro atoms. The average Bonchev–Trinajstić information content (AvgIpc) is 3.27. The number of benzene rings is 3. The van der Waals surface area contributed by atoms with Crippen LogP contribution in [0.5, 0.6) is 0 Å². The molecule has 0 saturated heterocycles. The quantitative estimate of drug-likeness (QED) is 0.127. The van der Waals surface area contributed by atoms with Gasteiger partial charge in [0, 0.05) is 22.7 Å². The topological polar surface area (TPSA) is 103 Å². The van der Waals surface area contributed by atoms with Crippen LogP contribution in [-0.4, -0.2) is 30.8 Å². The summed E-state index contributed by atoms with van der Waals surface area (Å²) in [7, 11) is 0. The molecule has 0 aliphatic carbocycles. The number of anilines is 1. The van der Waals surface area contributed by atoms with Gasteiger partial charge in [-0.2, -0.15) is 0 Å². The maximum absolute atomic E-state index is 13.1. The number of amides is 1. The average molecular weight is 591 g/mol. The number of non-ortho nitro benzene ring substituents is 1.